The van der Waals surface area contributed by atoms with Crippen LogP contribution in [0.4, 0.5) is 8.78 Å². The number of hydrogen-bond donors (Lipinski definition) is 1. The summed E-state index contributed by atoms with van der Waals surface area (Å²) in [5.41, 5.74) is -0.441. The van der Waals surface area contributed by atoms with E-state index < -0.39 is 53.7 Å². The van der Waals surface area contributed by atoms with Gasteiger partial charge in [0.25, 0.3) is 0 Å². The maximum Gasteiger partial charge on any atom is 0.320 e. The Morgan fingerprint density at radius 1 is 1.31 bits per heavy atom. The minimum absolute atomic E-state index is 0.0524. The van der Waals surface area contributed by atoms with Crippen molar-refractivity contribution in [3.63, 3.8) is 0 Å². The SMILES string of the molecule is Cc1ccc(CN2C3=C(C4=CC(=O)C5=C[C@H](F)[C@@H](O)C[C@]5(C)C4(C(=O)OCC#N)C2C)[C@@H](F)C2=C3CCC2)o1. The number of halogens is 2. The number of aliphatic hydroxyl groups is 1. The van der Waals surface area contributed by atoms with Gasteiger partial charge in [0.05, 0.1) is 12.6 Å². The molecular formula is C30H30F2N2O5. The molecule has 0 fully saturated rings. The molecule has 0 radical (unpaired) electrons. The smallest absolute Gasteiger partial charge is 0.320 e. The second-order valence-corrected chi connectivity index (χ2v) is 11.4. The number of allylic oxidation sites excluding steroid dienone is 5. The van der Waals surface area contributed by atoms with Gasteiger partial charge >= 0.3 is 5.97 Å². The van der Waals surface area contributed by atoms with Crippen LogP contribution in [0, 0.1) is 29.1 Å². The molecule has 7 nitrogen and oxygen atoms in total. The molecule has 0 saturated carbocycles. The summed E-state index contributed by atoms with van der Waals surface area (Å²) in [7, 11) is 0. The van der Waals surface area contributed by atoms with Crippen molar-refractivity contribution in [3.05, 3.63) is 69.4 Å². The van der Waals surface area contributed by atoms with Gasteiger partial charge in [-0.25, -0.2) is 8.78 Å². The van der Waals surface area contributed by atoms with E-state index in [0.29, 0.717) is 35.6 Å². The molecule has 4 aliphatic carbocycles. The van der Waals surface area contributed by atoms with Crippen LogP contribution in [0.3, 0.4) is 0 Å². The van der Waals surface area contributed by atoms with Gasteiger partial charge in [-0.05, 0) is 80.5 Å². The van der Waals surface area contributed by atoms with E-state index in [1.165, 1.54) is 6.08 Å². The number of nitriles is 1. The minimum Gasteiger partial charge on any atom is -0.464 e. The highest BCUT2D eigenvalue weighted by Crippen LogP contribution is 2.67. The lowest BCUT2D eigenvalue weighted by molar-refractivity contribution is -0.167. The Morgan fingerprint density at radius 3 is 2.77 bits per heavy atom. The molecule has 1 aliphatic heterocycles. The Morgan fingerprint density at radius 2 is 2.08 bits per heavy atom. The van der Waals surface area contributed by atoms with E-state index in [-0.39, 0.29) is 29.7 Å². The number of ketones is 1. The lowest BCUT2D eigenvalue weighted by atomic mass is 9.46. The van der Waals surface area contributed by atoms with Gasteiger partial charge in [0.2, 0.25) is 0 Å². The summed E-state index contributed by atoms with van der Waals surface area (Å²) in [6, 6.07) is 4.74. The normalized spacial score (nSPS) is 35.1. The Hall–Kier alpha value is -3.51. The Kier molecular flexibility index (Phi) is 5.78. The maximum atomic E-state index is 16.5. The summed E-state index contributed by atoms with van der Waals surface area (Å²) in [5, 5.41) is 20.0. The maximum absolute atomic E-state index is 16.5. The zero-order chi connectivity index (χ0) is 27.9. The number of nitrogens with zero attached hydrogens (tertiary/aromatic N) is 2. The highest BCUT2D eigenvalue weighted by molar-refractivity contribution is 6.11. The number of rotatable bonds is 4. The summed E-state index contributed by atoms with van der Waals surface area (Å²) in [5.74, 6) is -0.00579. The van der Waals surface area contributed by atoms with Crippen LogP contribution in [-0.4, -0.2) is 52.9 Å². The van der Waals surface area contributed by atoms with Crippen LogP contribution in [0.5, 0.6) is 0 Å². The molecule has 5 aliphatic rings. The largest absolute Gasteiger partial charge is 0.464 e. The summed E-state index contributed by atoms with van der Waals surface area (Å²) in [6.45, 7) is 4.95. The number of fused-ring (bicyclic) bond motifs is 5. The van der Waals surface area contributed by atoms with Crippen molar-refractivity contribution in [3.8, 4) is 6.07 Å². The first-order chi connectivity index (χ1) is 18.6. The third-order valence-corrected chi connectivity index (χ3v) is 9.49. The van der Waals surface area contributed by atoms with Crippen LogP contribution in [0.1, 0.15) is 51.1 Å². The molecule has 0 amide bonds. The van der Waals surface area contributed by atoms with Crippen LogP contribution in [0.15, 0.2) is 62.3 Å². The summed E-state index contributed by atoms with van der Waals surface area (Å²) >= 11 is 0. The molecule has 6 rings (SSSR count). The van der Waals surface area contributed by atoms with Gasteiger partial charge in [0.1, 0.15) is 35.3 Å². The van der Waals surface area contributed by atoms with E-state index in [1.807, 2.05) is 36.9 Å². The van der Waals surface area contributed by atoms with Crippen molar-refractivity contribution in [2.24, 2.45) is 10.8 Å². The zero-order valence-electron chi connectivity index (χ0n) is 22.1. The van der Waals surface area contributed by atoms with Crippen LogP contribution < -0.4 is 0 Å². The minimum atomic E-state index is -1.79. The number of alkyl halides is 2. The van der Waals surface area contributed by atoms with Crippen molar-refractivity contribution in [1.82, 2.24) is 4.90 Å². The number of carbonyl (C=O) groups is 2. The highest BCUT2D eigenvalue weighted by atomic mass is 19.1. The number of furan rings is 1. The monoisotopic (exact) mass is 536 g/mol. The van der Waals surface area contributed by atoms with E-state index in [9.17, 15) is 24.3 Å². The van der Waals surface area contributed by atoms with Crippen molar-refractivity contribution >= 4 is 11.8 Å². The van der Waals surface area contributed by atoms with E-state index >= 15 is 4.39 Å². The molecule has 0 bridgehead atoms. The lowest BCUT2D eigenvalue weighted by Gasteiger charge is -2.60. The van der Waals surface area contributed by atoms with Gasteiger partial charge < -0.3 is 19.2 Å². The molecule has 1 aromatic rings. The molecule has 0 spiro atoms. The van der Waals surface area contributed by atoms with E-state index in [2.05, 4.69) is 0 Å². The fraction of sp³-hybridized carbons (Fsp3) is 0.500. The number of esters is 1. The molecular weight excluding hydrogens is 506 g/mol. The topological polar surface area (TPSA) is 104 Å². The fourth-order valence-electron chi connectivity index (χ4n) is 7.88. The number of aliphatic hydroxyl groups excluding tert-OH is 1. The van der Waals surface area contributed by atoms with Gasteiger partial charge in [0, 0.05) is 28.3 Å². The second kappa shape index (κ2) is 8.75. The number of ether oxygens (including phenoxy) is 1. The van der Waals surface area contributed by atoms with Gasteiger partial charge in [-0.3, -0.25) is 9.59 Å². The fourth-order valence-corrected chi connectivity index (χ4v) is 7.88. The third kappa shape index (κ3) is 3.27. The Labute approximate surface area is 225 Å². The number of carbonyl (C=O) groups excluding carboxylic acids is 2. The van der Waals surface area contributed by atoms with E-state index in [1.54, 1.807) is 6.92 Å². The molecule has 2 heterocycles. The molecule has 1 aromatic heterocycles. The first-order valence-corrected chi connectivity index (χ1v) is 13.3. The number of aryl methyl sites for hydroxylation is 1. The zero-order valence-corrected chi connectivity index (χ0v) is 22.1. The van der Waals surface area contributed by atoms with E-state index in [4.69, 9.17) is 9.15 Å². The third-order valence-electron chi connectivity index (χ3n) is 9.49. The molecule has 2 unspecified atom stereocenters. The average molecular weight is 537 g/mol. The first-order valence-electron chi connectivity index (χ1n) is 13.3. The molecule has 204 valence electrons. The van der Waals surface area contributed by atoms with Crippen molar-refractivity contribution in [2.45, 2.75) is 77.5 Å². The summed E-state index contributed by atoms with van der Waals surface area (Å²) in [4.78, 5) is 29.8. The molecule has 9 heteroatoms. The average Bonchev–Trinajstić information content (AvgIpc) is 3.59. The Balaban J connectivity index is 1.66. The van der Waals surface area contributed by atoms with Crippen molar-refractivity contribution < 1.29 is 32.6 Å². The first kappa shape index (κ1) is 25.8. The predicted octanol–water partition coefficient (Wildman–Crippen LogP) is 4.48. The predicted molar refractivity (Wildman–Crippen MR) is 135 cm³/mol. The quantitative estimate of drug-likeness (QED) is 0.566. The van der Waals surface area contributed by atoms with E-state index in [0.717, 1.165) is 18.1 Å². The lowest BCUT2D eigenvalue weighted by Crippen LogP contribution is -2.66. The standard InChI is InChI=1S/C30H30F2N2O5/c1-15-7-8-17(39-15)14-34-16(2)30(28(37)38-10-9-33)21(25-26(32)18-5-4-6-19(18)27(25)34)12-23(35)20-11-22(31)24(36)13-29(20,30)3/h7-8,11-12,16,22,24,26,36H,4-6,10,13-14H2,1-3H3/t16?,22-,24-,26-,29-,30?/m0/s1. The Bertz CT molecular complexity index is 1460. The molecule has 6 atom stereocenters. The van der Waals surface area contributed by atoms with Crippen LogP contribution in [-0.2, 0) is 20.9 Å². The van der Waals surface area contributed by atoms with Gasteiger partial charge in [0.15, 0.2) is 12.4 Å². The molecule has 0 saturated heterocycles. The molecule has 0 aromatic carbocycles. The van der Waals surface area contributed by atoms with Crippen LogP contribution in [0.25, 0.3) is 0 Å². The van der Waals surface area contributed by atoms with Crippen LogP contribution >= 0.6 is 0 Å². The summed E-state index contributed by atoms with van der Waals surface area (Å²) < 4.78 is 42.6. The molecule has 39 heavy (non-hydrogen) atoms. The highest BCUT2D eigenvalue weighted by Gasteiger charge is 2.70. The van der Waals surface area contributed by atoms with Crippen LogP contribution in [0.2, 0.25) is 0 Å². The molecule has 1 N–H and O–H groups in total. The van der Waals surface area contributed by atoms with Gasteiger partial charge in [-0.1, -0.05) is 6.92 Å². The van der Waals surface area contributed by atoms with Crippen molar-refractivity contribution in [1.29, 1.82) is 5.26 Å². The van der Waals surface area contributed by atoms with Gasteiger partial charge in [-0.15, -0.1) is 0 Å². The second-order valence-electron chi connectivity index (χ2n) is 11.4. The van der Waals surface area contributed by atoms with Gasteiger partial charge in [-0.2, -0.15) is 5.26 Å². The number of hydrogen-bond acceptors (Lipinski definition) is 7. The summed E-state index contributed by atoms with van der Waals surface area (Å²) in [6.07, 6.45) is -0.647. The van der Waals surface area contributed by atoms with Crippen molar-refractivity contribution in [2.75, 3.05) is 6.61 Å².